The average molecular weight is 445 g/mol. The van der Waals surface area contributed by atoms with Crippen molar-refractivity contribution in [1.82, 2.24) is 10.2 Å². The summed E-state index contributed by atoms with van der Waals surface area (Å²) < 4.78 is 1.06. The van der Waals surface area contributed by atoms with Gasteiger partial charge in [0.1, 0.15) is 12.1 Å². The van der Waals surface area contributed by atoms with Crippen LogP contribution in [-0.2, 0) is 20.8 Å². The molecule has 0 unspecified atom stereocenters. The summed E-state index contributed by atoms with van der Waals surface area (Å²) in [4.78, 5) is 37.0. The summed E-state index contributed by atoms with van der Waals surface area (Å²) >= 11 is 2.18. The second-order valence-corrected chi connectivity index (χ2v) is 7.12. The van der Waals surface area contributed by atoms with Crippen molar-refractivity contribution in [2.24, 2.45) is 5.73 Å². The van der Waals surface area contributed by atoms with Gasteiger partial charge in [0, 0.05) is 29.9 Å². The van der Waals surface area contributed by atoms with Crippen LogP contribution in [0.2, 0.25) is 0 Å². The first-order chi connectivity index (χ1) is 11.3. The van der Waals surface area contributed by atoms with Crippen molar-refractivity contribution in [2.45, 2.75) is 38.0 Å². The molecule has 130 valence electrons. The van der Waals surface area contributed by atoms with Crippen LogP contribution in [0.25, 0.3) is 0 Å². The molecule has 0 bridgehead atoms. The fourth-order valence-corrected chi connectivity index (χ4v) is 3.12. The van der Waals surface area contributed by atoms with E-state index in [4.69, 9.17) is 5.73 Å². The lowest BCUT2D eigenvalue weighted by Gasteiger charge is -2.24. The molecular formula is C16H20IN3O4. The molecule has 0 aliphatic carbocycles. The number of aliphatic hydroxyl groups excluding tert-OH is 1. The molecule has 1 fully saturated rings. The number of aliphatic hydroxyl groups is 1. The summed E-state index contributed by atoms with van der Waals surface area (Å²) in [7, 11) is 0. The molecule has 2 rings (SSSR count). The van der Waals surface area contributed by atoms with Crippen molar-refractivity contribution in [3.8, 4) is 0 Å². The number of rotatable bonds is 5. The molecule has 3 amide bonds. The fraction of sp³-hybridized carbons (Fsp3) is 0.438. The minimum absolute atomic E-state index is 0.117. The van der Waals surface area contributed by atoms with Gasteiger partial charge in [-0.3, -0.25) is 14.4 Å². The maximum Gasteiger partial charge on any atom is 0.243 e. The van der Waals surface area contributed by atoms with Crippen LogP contribution in [0.1, 0.15) is 18.9 Å². The SMILES string of the molecule is CC(=O)N1C[C@H](O)C[C@H]1C(=O)N[C@@H](Cc1ccc(I)cc1)C(N)=O. The Morgan fingerprint density at radius 3 is 2.54 bits per heavy atom. The Balaban J connectivity index is 2.06. The van der Waals surface area contributed by atoms with E-state index in [9.17, 15) is 19.5 Å². The number of benzene rings is 1. The van der Waals surface area contributed by atoms with Crippen LogP contribution in [0.15, 0.2) is 24.3 Å². The van der Waals surface area contributed by atoms with Crippen LogP contribution >= 0.6 is 22.6 Å². The van der Waals surface area contributed by atoms with Gasteiger partial charge in [0.25, 0.3) is 0 Å². The molecule has 1 saturated heterocycles. The van der Waals surface area contributed by atoms with Gasteiger partial charge in [-0.1, -0.05) is 12.1 Å². The number of primary amides is 1. The molecule has 1 aromatic carbocycles. The Kier molecular flexibility index (Phi) is 6.16. The molecule has 4 N–H and O–H groups in total. The van der Waals surface area contributed by atoms with Gasteiger partial charge in [-0.25, -0.2) is 0 Å². The Morgan fingerprint density at radius 2 is 2.00 bits per heavy atom. The third kappa shape index (κ3) is 4.67. The highest BCUT2D eigenvalue weighted by Crippen LogP contribution is 2.18. The first-order valence-corrected chi connectivity index (χ1v) is 8.65. The normalized spacial score (nSPS) is 21.4. The zero-order chi connectivity index (χ0) is 17.9. The quantitative estimate of drug-likeness (QED) is 0.545. The molecule has 0 saturated carbocycles. The standard InChI is InChI=1S/C16H20IN3O4/c1-9(21)20-8-12(22)7-14(20)16(24)19-13(15(18)23)6-10-2-4-11(17)5-3-10/h2-5,12-14,22H,6-8H2,1H3,(H2,18,23)(H,19,24)/t12-,13+,14+/m1/s1. The maximum absolute atomic E-state index is 12.4. The number of β-amino-alcohol motifs (C(OH)–C–C–N with tert-alkyl or cyclic N) is 1. The largest absolute Gasteiger partial charge is 0.391 e. The molecule has 1 heterocycles. The number of hydrogen-bond acceptors (Lipinski definition) is 4. The molecule has 7 nitrogen and oxygen atoms in total. The van der Waals surface area contributed by atoms with Crippen LogP contribution in [0.5, 0.6) is 0 Å². The Hall–Kier alpha value is -1.68. The third-order valence-electron chi connectivity index (χ3n) is 4.00. The van der Waals surface area contributed by atoms with Gasteiger partial charge < -0.3 is 21.1 Å². The summed E-state index contributed by atoms with van der Waals surface area (Å²) in [5, 5.41) is 12.3. The molecule has 1 aliphatic heterocycles. The Labute approximate surface area is 153 Å². The van der Waals surface area contributed by atoms with Crippen LogP contribution in [0.4, 0.5) is 0 Å². The first kappa shape index (κ1) is 18.7. The number of nitrogens with zero attached hydrogens (tertiary/aromatic N) is 1. The van der Waals surface area contributed by atoms with Gasteiger partial charge >= 0.3 is 0 Å². The van der Waals surface area contributed by atoms with Crippen molar-refractivity contribution in [2.75, 3.05) is 6.54 Å². The minimum atomic E-state index is -0.871. The molecule has 3 atom stereocenters. The molecule has 0 spiro atoms. The van der Waals surface area contributed by atoms with Gasteiger partial charge in [-0.05, 0) is 40.3 Å². The second kappa shape index (κ2) is 7.93. The average Bonchev–Trinajstić information content (AvgIpc) is 2.91. The number of likely N-dealkylation sites (tertiary alicyclic amines) is 1. The Morgan fingerprint density at radius 1 is 1.38 bits per heavy atom. The number of nitrogens with one attached hydrogen (secondary N) is 1. The van der Waals surface area contributed by atoms with E-state index in [1.165, 1.54) is 11.8 Å². The molecule has 24 heavy (non-hydrogen) atoms. The van der Waals surface area contributed by atoms with Crippen LogP contribution in [-0.4, -0.2) is 52.5 Å². The van der Waals surface area contributed by atoms with E-state index < -0.39 is 30.0 Å². The van der Waals surface area contributed by atoms with Crippen molar-refractivity contribution in [1.29, 1.82) is 0 Å². The molecule has 1 aromatic rings. The highest BCUT2D eigenvalue weighted by atomic mass is 127. The van der Waals surface area contributed by atoms with Gasteiger partial charge in [-0.2, -0.15) is 0 Å². The number of carbonyl (C=O) groups is 3. The van der Waals surface area contributed by atoms with Gasteiger partial charge in [0.15, 0.2) is 0 Å². The number of nitrogens with two attached hydrogens (primary N) is 1. The van der Waals surface area contributed by atoms with Crippen molar-refractivity contribution in [3.63, 3.8) is 0 Å². The predicted octanol–water partition coefficient (Wildman–Crippen LogP) is -0.214. The van der Waals surface area contributed by atoms with E-state index in [0.29, 0.717) is 0 Å². The van der Waals surface area contributed by atoms with E-state index in [1.54, 1.807) is 0 Å². The summed E-state index contributed by atoms with van der Waals surface area (Å²) in [5.41, 5.74) is 6.27. The molecule has 1 aliphatic rings. The number of amides is 3. The summed E-state index contributed by atoms with van der Waals surface area (Å²) in [6.07, 6.45) is -0.318. The monoisotopic (exact) mass is 445 g/mol. The highest BCUT2D eigenvalue weighted by molar-refractivity contribution is 14.1. The summed E-state index contributed by atoms with van der Waals surface area (Å²) in [5.74, 6) is -1.41. The lowest BCUT2D eigenvalue weighted by Crippen LogP contribution is -2.52. The van der Waals surface area contributed by atoms with Gasteiger partial charge in [-0.15, -0.1) is 0 Å². The fourth-order valence-electron chi connectivity index (χ4n) is 2.76. The van der Waals surface area contributed by atoms with Gasteiger partial charge in [0.05, 0.1) is 6.10 Å². The van der Waals surface area contributed by atoms with E-state index in [-0.39, 0.29) is 25.3 Å². The third-order valence-corrected chi connectivity index (χ3v) is 4.72. The number of halogens is 1. The van der Waals surface area contributed by atoms with Crippen LogP contribution in [0.3, 0.4) is 0 Å². The summed E-state index contributed by atoms with van der Waals surface area (Å²) in [6, 6.07) is 5.89. The lowest BCUT2D eigenvalue weighted by molar-refractivity contribution is -0.138. The zero-order valence-corrected chi connectivity index (χ0v) is 15.4. The highest BCUT2D eigenvalue weighted by Gasteiger charge is 2.38. The van der Waals surface area contributed by atoms with Crippen LogP contribution < -0.4 is 11.1 Å². The van der Waals surface area contributed by atoms with Crippen molar-refractivity contribution >= 4 is 40.3 Å². The Bertz CT molecular complexity index is 635. The van der Waals surface area contributed by atoms with E-state index in [1.807, 2.05) is 24.3 Å². The smallest absolute Gasteiger partial charge is 0.243 e. The predicted molar refractivity (Wildman–Crippen MR) is 95.8 cm³/mol. The molecule has 0 aromatic heterocycles. The molecule has 8 heteroatoms. The van der Waals surface area contributed by atoms with Gasteiger partial charge in [0.2, 0.25) is 17.7 Å². The van der Waals surface area contributed by atoms with Crippen LogP contribution in [0, 0.1) is 3.57 Å². The van der Waals surface area contributed by atoms with Crippen molar-refractivity contribution < 1.29 is 19.5 Å². The molecule has 0 radical (unpaired) electrons. The second-order valence-electron chi connectivity index (χ2n) is 5.87. The summed E-state index contributed by atoms with van der Waals surface area (Å²) in [6.45, 7) is 1.46. The van der Waals surface area contributed by atoms with E-state index in [0.717, 1.165) is 9.13 Å². The topological polar surface area (TPSA) is 113 Å². The lowest BCUT2D eigenvalue weighted by atomic mass is 10.0. The van der Waals surface area contributed by atoms with E-state index >= 15 is 0 Å². The first-order valence-electron chi connectivity index (χ1n) is 7.57. The minimum Gasteiger partial charge on any atom is -0.391 e. The van der Waals surface area contributed by atoms with Crippen molar-refractivity contribution in [3.05, 3.63) is 33.4 Å². The number of hydrogen-bond donors (Lipinski definition) is 3. The zero-order valence-electron chi connectivity index (χ0n) is 13.2. The van der Waals surface area contributed by atoms with E-state index in [2.05, 4.69) is 27.9 Å². The number of carbonyl (C=O) groups excluding carboxylic acids is 3. The molecular weight excluding hydrogens is 425 g/mol. The maximum atomic E-state index is 12.4.